The third-order valence-corrected chi connectivity index (χ3v) is 5.88. The maximum Gasteiger partial charge on any atom is 0.263 e. The smallest absolute Gasteiger partial charge is 0.263 e. The molecule has 0 amide bonds. The molecule has 0 radical (unpaired) electrons. The summed E-state index contributed by atoms with van der Waals surface area (Å²) in [5, 5.41) is 0.446. The fourth-order valence-electron chi connectivity index (χ4n) is 1.44. The normalized spacial score (nSPS) is 11.4. The van der Waals surface area contributed by atoms with Crippen LogP contribution in [-0.2, 0) is 10.0 Å². The Hall–Kier alpha value is -0.630. The Morgan fingerprint density at radius 2 is 1.90 bits per heavy atom. The molecule has 1 aromatic carbocycles. The number of pyridine rings is 1. The molecular formula is C12H9Br2ClN2O2S. The molecule has 0 fully saturated rings. The Balaban J connectivity index is 2.35. The fourth-order valence-corrected chi connectivity index (χ4v) is 3.33. The van der Waals surface area contributed by atoms with E-state index in [1.807, 2.05) is 6.92 Å². The number of anilines is 1. The van der Waals surface area contributed by atoms with Gasteiger partial charge in [0.25, 0.3) is 10.0 Å². The van der Waals surface area contributed by atoms with Crippen LogP contribution in [0.1, 0.15) is 5.56 Å². The van der Waals surface area contributed by atoms with Crippen molar-refractivity contribution < 1.29 is 8.42 Å². The highest BCUT2D eigenvalue weighted by Gasteiger charge is 2.16. The van der Waals surface area contributed by atoms with Crippen molar-refractivity contribution in [2.45, 2.75) is 11.8 Å². The van der Waals surface area contributed by atoms with Crippen LogP contribution in [0.25, 0.3) is 0 Å². The molecule has 2 aromatic rings. The fraction of sp³-hybridized carbons (Fsp3) is 0.0833. The molecule has 0 aliphatic rings. The van der Waals surface area contributed by atoms with Crippen LogP contribution in [0.5, 0.6) is 0 Å². The zero-order valence-corrected chi connectivity index (χ0v) is 14.9. The first-order valence-electron chi connectivity index (χ1n) is 5.39. The highest BCUT2D eigenvalue weighted by atomic mass is 79.9. The number of hydrogen-bond acceptors (Lipinski definition) is 3. The molecule has 8 heteroatoms. The van der Waals surface area contributed by atoms with Gasteiger partial charge in [0.1, 0.15) is 5.82 Å². The van der Waals surface area contributed by atoms with Crippen molar-refractivity contribution in [1.29, 1.82) is 0 Å². The Kier molecular flexibility index (Phi) is 4.73. The molecule has 2 rings (SSSR count). The maximum atomic E-state index is 12.2. The van der Waals surface area contributed by atoms with Crippen LogP contribution in [0.2, 0.25) is 5.02 Å². The first-order chi connectivity index (χ1) is 9.29. The first kappa shape index (κ1) is 15.8. The molecule has 106 valence electrons. The molecule has 20 heavy (non-hydrogen) atoms. The van der Waals surface area contributed by atoms with E-state index in [0.29, 0.717) is 9.50 Å². The maximum absolute atomic E-state index is 12.2. The van der Waals surface area contributed by atoms with Gasteiger partial charge in [-0.25, -0.2) is 13.4 Å². The minimum atomic E-state index is -3.70. The summed E-state index contributed by atoms with van der Waals surface area (Å²) in [5.41, 5.74) is 0.884. The highest BCUT2D eigenvalue weighted by Crippen LogP contribution is 2.26. The summed E-state index contributed by atoms with van der Waals surface area (Å²) in [6.07, 6.45) is 1.55. The number of sulfonamides is 1. The number of benzene rings is 1. The van der Waals surface area contributed by atoms with E-state index in [9.17, 15) is 8.42 Å². The van der Waals surface area contributed by atoms with Crippen LogP contribution in [-0.4, -0.2) is 13.4 Å². The molecule has 0 saturated heterocycles. The highest BCUT2D eigenvalue weighted by molar-refractivity contribution is 9.10. The van der Waals surface area contributed by atoms with E-state index in [1.54, 1.807) is 12.3 Å². The van der Waals surface area contributed by atoms with Gasteiger partial charge < -0.3 is 0 Å². The largest absolute Gasteiger partial charge is 0.263 e. The van der Waals surface area contributed by atoms with Gasteiger partial charge in [-0.1, -0.05) is 11.6 Å². The van der Waals surface area contributed by atoms with Gasteiger partial charge in [-0.2, -0.15) is 0 Å². The second-order valence-corrected chi connectivity index (χ2v) is 7.80. The minimum absolute atomic E-state index is 0.108. The zero-order valence-electron chi connectivity index (χ0n) is 10.2. The zero-order chi connectivity index (χ0) is 14.9. The Morgan fingerprint density at radius 1 is 1.20 bits per heavy atom. The number of halogens is 3. The van der Waals surface area contributed by atoms with Crippen molar-refractivity contribution in [3.05, 3.63) is 50.0 Å². The lowest BCUT2D eigenvalue weighted by Gasteiger charge is -2.09. The number of nitrogens with one attached hydrogen (secondary N) is 1. The summed E-state index contributed by atoms with van der Waals surface area (Å²) < 4.78 is 28.2. The lowest BCUT2D eigenvalue weighted by atomic mass is 10.3. The minimum Gasteiger partial charge on any atom is -0.263 e. The molecule has 1 N–H and O–H groups in total. The molecular weight excluding hydrogens is 431 g/mol. The summed E-state index contributed by atoms with van der Waals surface area (Å²) in [5.74, 6) is 0.261. The van der Waals surface area contributed by atoms with Gasteiger partial charge in [0.2, 0.25) is 0 Å². The van der Waals surface area contributed by atoms with Gasteiger partial charge in [0, 0.05) is 15.1 Å². The second-order valence-electron chi connectivity index (χ2n) is 4.00. The predicted molar refractivity (Wildman–Crippen MR) is 86.6 cm³/mol. The molecule has 1 heterocycles. The van der Waals surface area contributed by atoms with Crippen LogP contribution in [0, 0.1) is 6.92 Å². The van der Waals surface area contributed by atoms with E-state index in [1.165, 1.54) is 18.2 Å². The van der Waals surface area contributed by atoms with Crippen molar-refractivity contribution in [3.8, 4) is 0 Å². The van der Waals surface area contributed by atoms with Crippen LogP contribution < -0.4 is 4.72 Å². The second kappa shape index (κ2) is 6.01. The van der Waals surface area contributed by atoms with E-state index < -0.39 is 10.0 Å². The molecule has 0 unspecified atom stereocenters. The quantitative estimate of drug-likeness (QED) is 0.771. The summed E-state index contributed by atoms with van der Waals surface area (Å²) in [7, 11) is -3.70. The average molecular weight is 441 g/mol. The molecule has 0 aliphatic carbocycles. The summed E-state index contributed by atoms with van der Waals surface area (Å²) in [4.78, 5) is 4.12. The van der Waals surface area contributed by atoms with Crippen LogP contribution in [0.4, 0.5) is 5.82 Å². The van der Waals surface area contributed by atoms with Gasteiger partial charge in [-0.3, -0.25) is 4.72 Å². The van der Waals surface area contributed by atoms with Crippen LogP contribution >= 0.6 is 43.5 Å². The van der Waals surface area contributed by atoms with Crippen molar-refractivity contribution in [2.75, 3.05) is 4.72 Å². The van der Waals surface area contributed by atoms with Gasteiger partial charge >= 0.3 is 0 Å². The van der Waals surface area contributed by atoms with E-state index in [0.717, 1.165) is 10.0 Å². The summed E-state index contributed by atoms with van der Waals surface area (Å²) in [6.45, 7) is 1.85. The molecule has 0 aliphatic heterocycles. The average Bonchev–Trinajstić information content (AvgIpc) is 2.37. The van der Waals surface area contributed by atoms with Crippen molar-refractivity contribution in [1.82, 2.24) is 4.98 Å². The number of aromatic nitrogens is 1. The first-order valence-corrected chi connectivity index (χ1v) is 8.84. The molecule has 0 spiro atoms. The van der Waals surface area contributed by atoms with Gasteiger partial charge in [-0.05, 0) is 68.6 Å². The molecule has 1 aromatic heterocycles. The lowest BCUT2D eigenvalue weighted by molar-refractivity contribution is 0.601. The molecule has 0 atom stereocenters. The Morgan fingerprint density at radius 3 is 2.50 bits per heavy atom. The number of rotatable bonds is 3. The lowest BCUT2D eigenvalue weighted by Crippen LogP contribution is -2.14. The van der Waals surface area contributed by atoms with E-state index in [2.05, 4.69) is 41.6 Å². The van der Waals surface area contributed by atoms with E-state index in [-0.39, 0.29) is 10.7 Å². The van der Waals surface area contributed by atoms with E-state index in [4.69, 9.17) is 11.6 Å². The Bertz CT molecular complexity index is 766. The molecule has 0 saturated carbocycles. The van der Waals surface area contributed by atoms with Gasteiger partial charge in [0.05, 0.1) is 9.92 Å². The molecule has 4 nitrogen and oxygen atoms in total. The third-order valence-electron chi connectivity index (χ3n) is 2.49. The Labute approximate surface area is 138 Å². The van der Waals surface area contributed by atoms with Crippen LogP contribution in [0.15, 0.2) is 44.3 Å². The standard InChI is InChI=1S/C12H9Br2ClN2O2S/c1-7-4-12(16-6-10(7)14)17-20(18,19)8-2-3-11(15)9(13)5-8/h2-6H,1H3,(H,16,17). The third kappa shape index (κ3) is 3.52. The van der Waals surface area contributed by atoms with E-state index >= 15 is 0 Å². The van der Waals surface area contributed by atoms with Gasteiger partial charge in [0.15, 0.2) is 0 Å². The predicted octanol–water partition coefficient (Wildman–Crippen LogP) is 4.37. The summed E-state index contributed by atoms with van der Waals surface area (Å²) in [6, 6.07) is 6.03. The van der Waals surface area contributed by atoms with Crippen LogP contribution in [0.3, 0.4) is 0 Å². The summed E-state index contributed by atoms with van der Waals surface area (Å²) >= 11 is 12.4. The van der Waals surface area contributed by atoms with Crippen molar-refractivity contribution in [3.63, 3.8) is 0 Å². The number of aryl methyl sites for hydroxylation is 1. The topological polar surface area (TPSA) is 59.1 Å². The van der Waals surface area contributed by atoms with Crippen molar-refractivity contribution in [2.24, 2.45) is 0 Å². The number of nitrogens with zero attached hydrogens (tertiary/aromatic N) is 1. The van der Waals surface area contributed by atoms with Crippen molar-refractivity contribution >= 4 is 59.3 Å². The molecule has 0 bridgehead atoms. The van der Waals surface area contributed by atoms with Gasteiger partial charge in [-0.15, -0.1) is 0 Å². The SMILES string of the molecule is Cc1cc(NS(=O)(=O)c2ccc(Cl)c(Br)c2)ncc1Br. The monoisotopic (exact) mass is 438 g/mol. The number of hydrogen-bond donors (Lipinski definition) is 1.